The maximum Gasteiger partial charge on any atom is 0.243 e. The van der Waals surface area contributed by atoms with Crippen molar-refractivity contribution in [3.05, 3.63) is 30.3 Å². The fourth-order valence-corrected chi connectivity index (χ4v) is 3.33. The van der Waals surface area contributed by atoms with Crippen molar-refractivity contribution in [2.45, 2.75) is 31.2 Å². The second-order valence-electron chi connectivity index (χ2n) is 4.16. The minimum atomic E-state index is -3.39. The fourth-order valence-electron chi connectivity index (χ4n) is 1.63. The number of sulfonamides is 1. The molecular weight excluding hydrogens is 236 g/mol. The Kier molecular flexibility index (Phi) is 5.11. The molecule has 5 heteroatoms. The highest BCUT2D eigenvalue weighted by atomic mass is 32.2. The predicted molar refractivity (Wildman–Crippen MR) is 69.1 cm³/mol. The standard InChI is InChI=1S/C12H20N2O2S/c1-11(2)14(10-6-9-13)17(15,16)12-7-4-3-5-8-12/h3-5,7-8,11H,6,9-10,13H2,1-2H3. The van der Waals surface area contributed by atoms with Crippen molar-refractivity contribution < 1.29 is 8.42 Å². The van der Waals surface area contributed by atoms with Crippen LogP contribution in [-0.4, -0.2) is 31.9 Å². The van der Waals surface area contributed by atoms with Crippen LogP contribution in [-0.2, 0) is 10.0 Å². The van der Waals surface area contributed by atoms with Gasteiger partial charge in [-0.3, -0.25) is 0 Å². The van der Waals surface area contributed by atoms with Gasteiger partial charge in [0.25, 0.3) is 0 Å². The molecule has 0 heterocycles. The molecule has 96 valence electrons. The summed E-state index contributed by atoms with van der Waals surface area (Å²) in [5, 5.41) is 0. The van der Waals surface area contributed by atoms with Crippen molar-refractivity contribution in [3.8, 4) is 0 Å². The zero-order valence-electron chi connectivity index (χ0n) is 10.3. The van der Waals surface area contributed by atoms with Crippen LogP contribution in [0.2, 0.25) is 0 Å². The predicted octanol–water partition coefficient (Wildman–Crippen LogP) is 1.43. The average molecular weight is 256 g/mol. The summed E-state index contributed by atoms with van der Waals surface area (Å²) in [6.07, 6.45) is 0.671. The molecule has 2 N–H and O–H groups in total. The number of rotatable bonds is 6. The molecule has 0 aliphatic carbocycles. The maximum atomic E-state index is 12.4. The Morgan fingerprint density at radius 3 is 2.29 bits per heavy atom. The zero-order valence-corrected chi connectivity index (χ0v) is 11.2. The van der Waals surface area contributed by atoms with Crippen LogP contribution >= 0.6 is 0 Å². The molecule has 0 aromatic heterocycles. The molecule has 0 unspecified atom stereocenters. The molecule has 0 bridgehead atoms. The summed E-state index contributed by atoms with van der Waals surface area (Å²) in [7, 11) is -3.39. The van der Waals surface area contributed by atoms with E-state index >= 15 is 0 Å². The van der Waals surface area contributed by atoms with Gasteiger partial charge in [0.05, 0.1) is 4.90 Å². The Morgan fingerprint density at radius 2 is 1.82 bits per heavy atom. The first-order chi connectivity index (χ1) is 8.00. The van der Waals surface area contributed by atoms with E-state index in [0.717, 1.165) is 0 Å². The average Bonchev–Trinajstić information content (AvgIpc) is 2.30. The van der Waals surface area contributed by atoms with Crippen molar-refractivity contribution in [2.75, 3.05) is 13.1 Å². The summed E-state index contributed by atoms with van der Waals surface area (Å²) in [5.41, 5.74) is 5.44. The summed E-state index contributed by atoms with van der Waals surface area (Å²) in [6.45, 7) is 4.70. The lowest BCUT2D eigenvalue weighted by atomic mass is 10.3. The molecule has 0 saturated carbocycles. The minimum Gasteiger partial charge on any atom is -0.330 e. The van der Waals surface area contributed by atoms with Crippen molar-refractivity contribution in [3.63, 3.8) is 0 Å². The number of hydrogen-bond acceptors (Lipinski definition) is 3. The third-order valence-electron chi connectivity index (χ3n) is 2.51. The first kappa shape index (κ1) is 14.2. The Balaban J connectivity index is 3.01. The topological polar surface area (TPSA) is 63.4 Å². The molecule has 1 aromatic rings. The van der Waals surface area contributed by atoms with Crippen LogP contribution in [0.1, 0.15) is 20.3 Å². The molecule has 1 rings (SSSR count). The zero-order chi connectivity index (χ0) is 12.9. The largest absolute Gasteiger partial charge is 0.330 e. The first-order valence-corrected chi connectivity index (χ1v) is 7.21. The molecule has 0 saturated heterocycles. The highest BCUT2D eigenvalue weighted by Crippen LogP contribution is 2.17. The molecule has 0 spiro atoms. The molecule has 1 aromatic carbocycles. The first-order valence-electron chi connectivity index (χ1n) is 5.77. The summed E-state index contributed by atoms with van der Waals surface area (Å²) in [5.74, 6) is 0. The van der Waals surface area contributed by atoms with E-state index in [9.17, 15) is 8.42 Å². The second-order valence-corrected chi connectivity index (χ2v) is 6.06. The minimum absolute atomic E-state index is 0.0632. The van der Waals surface area contributed by atoms with E-state index in [4.69, 9.17) is 5.73 Å². The summed E-state index contributed by atoms with van der Waals surface area (Å²) < 4.78 is 26.2. The maximum absolute atomic E-state index is 12.4. The van der Waals surface area contributed by atoms with E-state index in [0.29, 0.717) is 24.4 Å². The highest BCUT2D eigenvalue weighted by Gasteiger charge is 2.25. The number of nitrogens with zero attached hydrogens (tertiary/aromatic N) is 1. The molecule has 17 heavy (non-hydrogen) atoms. The Hall–Kier alpha value is -0.910. The quantitative estimate of drug-likeness (QED) is 0.837. The van der Waals surface area contributed by atoms with E-state index in [1.807, 2.05) is 13.8 Å². The van der Waals surface area contributed by atoms with Gasteiger partial charge in [0.2, 0.25) is 10.0 Å². The molecule has 0 aliphatic rings. The smallest absolute Gasteiger partial charge is 0.243 e. The van der Waals surface area contributed by atoms with Crippen LogP contribution in [0, 0.1) is 0 Å². The van der Waals surface area contributed by atoms with Gasteiger partial charge in [0, 0.05) is 12.6 Å². The Labute approximate surface area is 103 Å². The Morgan fingerprint density at radius 1 is 1.24 bits per heavy atom. The van der Waals surface area contributed by atoms with Gasteiger partial charge in [-0.05, 0) is 38.9 Å². The fraction of sp³-hybridized carbons (Fsp3) is 0.500. The van der Waals surface area contributed by atoms with Crippen LogP contribution in [0.25, 0.3) is 0 Å². The molecule has 0 radical (unpaired) electrons. The van der Waals surface area contributed by atoms with Gasteiger partial charge in [0.1, 0.15) is 0 Å². The van der Waals surface area contributed by atoms with Gasteiger partial charge in [-0.2, -0.15) is 4.31 Å². The number of nitrogens with two attached hydrogens (primary N) is 1. The monoisotopic (exact) mass is 256 g/mol. The third kappa shape index (κ3) is 3.52. The van der Waals surface area contributed by atoms with E-state index in [1.165, 1.54) is 4.31 Å². The normalized spacial score (nSPS) is 12.3. The molecule has 0 aliphatic heterocycles. The molecule has 0 atom stereocenters. The van der Waals surface area contributed by atoms with E-state index in [-0.39, 0.29) is 6.04 Å². The van der Waals surface area contributed by atoms with E-state index in [1.54, 1.807) is 30.3 Å². The lowest BCUT2D eigenvalue weighted by molar-refractivity contribution is 0.351. The van der Waals surface area contributed by atoms with Crippen LogP contribution in [0.3, 0.4) is 0 Å². The van der Waals surface area contributed by atoms with Gasteiger partial charge in [0.15, 0.2) is 0 Å². The number of hydrogen-bond donors (Lipinski definition) is 1. The third-order valence-corrected chi connectivity index (χ3v) is 4.60. The second kappa shape index (κ2) is 6.14. The molecule has 0 amide bonds. The highest BCUT2D eigenvalue weighted by molar-refractivity contribution is 7.89. The lowest BCUT2D eigenvalue weighted by Gasteiger charge is -2.25. The number of benzene rings is 1. The molecule has 4 nitrogen and oxygen atoms in total. The summed E-state index contributed by atoms with van der Waals surface area (Å²) in [6, 6.07) is 8.44. The van der Waals surface area contributed by atoms with Gasteiger partial charge in [-0.1, -0.05) is 18.2 Å². The summed E-state index contributed by atoms with van der Waals surface area (Å²) in [4.78, 5) is 0.339. The Bertz CT molecular complexity index is 429. The van der Waals surface area contributed by atoms with Gasteiger partial charge in [-0.15, -0.1) is 0 Å². The van der Waals surface area contributed by atoms with Crippen LogP contribution in [0.15, 0.2) is 35.2 Å². The van der Waals surface area contributed by atoms with Gasteiger partial charge in [-0.25, -0.2) is 8.42 Å². The summed E-state index contributed by atoms with van der Waals surface area (Å²) >= 11 is 0. The van der Waals surface area contributed by atoms with Crippen LogP contribution < -0.4 is 5.73 Å². The van der Waals surface area contributed by atoms with Crippen molar-refractivity contribution in [2.24, 2.45) is 5.73 Å². The van der Waals surface area contributed by atoms with Gasteiger partial charge < -0.3 is 5.73 Å². The van der Waals surface area contributed by atoms with E-state index in [2.05, 4.69) is 0 Å². The van der Waals surface area contributed by atoms with Gasteiger partial charge >= 0.3 is 0 Å². The SMILES string of the molecule is CC(C)N(CCCN)S(=O)(=O)c1ccccc1. The molecular formula is C12H20N2O2S. The lowest BCUT2D eigenvalue weighted by Crippen LogP contribution is -2.38. The van der Waals surface area contributed by atoms with E-state index < -0.39 is 10.0 Å². The molecule has 0 fully saturated rings. The van der Waals surface area contributed by atoms with Crippen molar-refractivity contribution in [1.82, 2.24) is 4.31 Å². The van der Waals surface area contributed by atoms with Crippen molar-refractivity contribution >= 4 is 10.0 Å². The van der Waals surface area contributed by atoms with Crippen molar-refractivity contribution in [1.29, 1.82) is 0 Å². The van der Waals surface area contributed by atoms with Crippen LogP contribution in [0.5, 0.6) is 0 Å². The van der Waals surface area contributed by atoms with Crippen LogP contribution in [0.4, 0.5) is 0 Å².